The van der Waals surface area contributed by atoms with Crippen molar-refractivity contribution in [3.63, 3.8) is 0 Å². The van der Waals surface area contributed by atoms with Crippen LogP contribution in [0.2, 0.25) is 0 Å². The van der Waals surface area contributed by atoms with Crippen molar-refractivity contribution in [2.24, 2.45) is 0 Å². The van der Waals surface area contributed by atoms with Gasteiger partial charge in [-0.3, -0.25) is 0 Å². The Balaban J connectivity index is 1.73. The van der Waals surface area contributed by atoms with Crippen LogP contribution in [-0.2, 0) is 21.4 Å². The molecule has 0 bridgehead atoms. The van der Waals surface area contributed by atoms with Gasteiger partial charge in [-0.2, -0.15) is 0 Å². The summed E-state index contributed by atoms with van der Waals surface area (Å²) in [5.74, 6) is 0.115. The maximum atomic E-state index is 11.8. The molecular formula is C15H22N2O4S. The van der Waals surface area contributed by atoms with Crippen molar-refractivity contribution in [3.8, 4) is 0 Å². The molecule has 22 heavy (non-hydrogen) atoms. The number of hydrogen-bond donors (Lipinski definition) is 1. The first-order valence-corrected chi connectivity index (χ1v) is 9.07. The van der Waals surface area contributed by atoms with E-state index in [4.69, 9.17) is 4.74 Å². The van der Waals surface area contributed by atoms with Gasteiger partial charge in [0, 0.05) is 19.1 Å². The molecule has 1 heterocycles. The molecule has 6 nitrogen and oxygen atoms in total. The summed E-state index contributed by atoms with van der Waals surface area (Å²) in [4.78, 5) is 11.8. The molecule has 1 saturated heterocycles. The highest BCUT2D eigenvalue weighted by atomic mass is 32.2. The van der Waals surface area contributed by atoms with Gasteiger partial charge >= 0.3 is 6.09 Å². The van der Waals surface area contributed by atoms with E-state index in [0.717, 1.165) is 5.56 Å². The average molecular weight is 326 g/mol. The summed E-state index contributed by atoms with van der Waals surface area (Å²) < 4.78 is 30.2. The fraction of sp³-hybridized carbons (Fsp3) is 0.533. The zero-order valence-electron chi connectivity index (χ0n) is 12.7. The molecule has 0 radical (unpaired) electrons. The minimum Gasteiger partial charge on any atom is -0.445 e. The predicted octanol–water partition coefficient (Wildman–Crippen LogP) is 1.73. The molecule has 0 unspecified atom stereocenters. The Morgan fingerprint density at radius 2 is 1.91 bits per heavy atom. The average Bonchev–Trinajstić information content (AvgIpc) is 2.54. The normalized spacial score (nSPS) is 17.1. The van der Waals surface area contributed by atoms with Gasteiger partial charge in [-0.1, -0.05) is 30.3 Å². The molecule has 1 aliphatic heterocycles. The van der Waals surface area contributed by atoms with Gasteiger partial charge in [0.2, 0.25) is 10.0 Å². The SMILES string of the molecule is CCS(=O)(=O)N1CCC(NC(=O)OCc2ccccc2)CC1. The van der Waals surface area contributed by atoms with E-state index in [-0.39, 0.29) is 18.4 Å². The summed E-state index contributed by atoms with van der Waals surface area (Å²) in [7, 11) is -3.13. The lowest BCUT2D eigenvalue weighted by Crippen LogP contribution is -2.46. The molecule has 1 amide bonds. The Labute approximate surface area is 131 Å². The molecule has 1 fully saturated rings. The van der Waals surface area contributed by atoms with Crippen LogP contribution in [0.1, 0.15) is 25.3 Å². The Hall–Kier alpha value is -1.60. The zero-order chi connectivity index (χ0) is 16.0. The lowest BCUT2D eigenvalue weighted by Gasteiger charge is -2.31. The van der Waals surface area contributed by atoms with E-state index in [0.29, 0.717) is 25.9 Å². The molecular weight excluding hydrogens is 304 g/mol. The van der Waals surface area contributed by atoms with E-state index in [2.05, 4.69) is 5.32 Å². The highest BCUT2D eigenvalue weighted by Gasteiger charge is 2.27. The van der Waals surface area contributed by atoms with Crippen molar-refractivity contribution in [1.82, 2.24) is 9.62 Å². The number of nitrogens with zero attached hydrogens (tertiary/aromatic N) is 1. The third-order valence-corrected chi connectivity index (χ3v) is 5.63. The van der Waals surface area contributed by atoms with E-state index >= 15 is 0 Å². The van der Waals surface area contributed by atoms with Crippen molar-refractivity contribution in [2.75, 3.05) is 18.8 Å². The molecule has 7 heteroatoms. The molecule has 122 valence electrons. The molecule has 1 N–H and O–H groups in total. The first-order chi connectivity index (χ1) is 10.5. The Bertz CT molecular complexity index is 581. The van der Waals surface area contributed by atoms with Crippen molar-refractivity contribution in [2.45, 2.75) is 32.4 Å². The number of sulfonamides is 1. The quantitative estimate of drug-likeness (QED) is 0.894. The summed E-state index contributed by atoms with van der Waals surface area (Å²) >= 11 is 0. The second-order valence-electron chi connectivity index (χ2n) is 5.28. The van der Waals surface area contributed by atoms with Crippen LogP contribution >= 0.6 is 0 Å². The molecule has 1 aromatic carbocycles. The van der Waals surface area contributed by atoms with Gasteiger partial charge in [0.25, 0.3) is 0 Å². The maximum absolute atomic E-state index is 11.8. The Kier molecular flexibility index (Phi) is 5.79. The number of carbonyl (C=O) groups excluding carboxylic acids is 1. The largest absolute Gasteiger partial charge is 0.445 e. The molecule has 0 atom stereocenters. The number of piperidine rings is 1. The number of benzene rings is 1. The standard InChI is InChI=1S/C15H22N2O4S/c1-2-22(19,20)17-10-8-14(9-11-17)16-15(18)21-12-13-6-4-3-5-7-13/h3-7,14H,2,8-12H2,1H3,(H,16,18). The second-order valence-corrected chi connectivity index (χ2v) is 7.54. The van der Waals surface area contributed by atoms with Gasteiger partial charge < -0.3 is 10.1 Å². The van der Waals surface area contributed by atoms with Crippen molar-refractivity contribution in [3.05, 3.63) is 35.9 Å². The predicted molar refractivity (Wildman–Crippen MR) is 83.8 cm³/mol. The van der Waals surface area contributed by atoms with Gasteiger partial charge in [0.05, 0.1) is 5.75 Å². The number of carbonyl (C=O) groups is 1. The van der Waals surface area contributed by atoms with Crippen LogP contribution in [0.3, 0.4) is 0 Å². The monoisotopic (exact) mass is 326 g/mol. The number of ether oxygens (including phenoxy) is 1. The zero-order valence-corrected chi connectivity index (χ0v) is 13.5. The van der Waals surface area contributed by atoms with E-state index in [9.17, 15) is 13.2 Å². The number of nitrogens with one attached hydrogen (secondary N) is 1. The van der Waals surface area contributed by atoms with Crippen molar-refractivity contribution < 1.29 is 17.9 Å². The molecule has 2 rings (SSSR count). The summed E-state index contributed by atoms with van der Waals surface area (Å²) in [5, 5.41) is 2.80. The first kappa shape index (κ1) is 16.8. The highest BCUT2D eigenvalue weighted by molar-refractivity contribution is 7.89. The van der Waals surface area contributed by atoms with E-state index in [1.807, 2.05) is 30.3 Å². The number of rotatable bonds is 5. The van der Waals surface area contributed by atoms with Crippen molar-refractivity contribution >= 4 is 16.1 Å². The third-order valence-electron chi connectivity index (χ3n) is 3.75. The minimum atomic E-state index is -3.13. The number of alkyl carbamates (subject to hydrolysis) is 1. The molecule has 1 aliphatic rings. The van der Waals surface area contributed by atoms with Crippen LogP contribution in [-0.4, -0.2) is 43.7 Å². The van der Waals surface area contributed by atoms with Gasteiger partial charge in [-0.15, -0.1) is 0 Å². The van der Waals surface area contributed by atoms with Gasteiger partial charge in [-0.25, -0.2) is 17.5 Å². The lowest BCUT2D eigenvalue weighted by atomic mass is 10.1. The minimum absolute atomic E-state index is 0.0356. The van der Waals surface area contributed by atoms with E-state index in [1.165, 1.54) is 4.31 Å². The Morgan fingerprint density at radius 1 is 1.27 bits per heavy atom. The fourth-order valence-corrected chi connectivity index (χ4v) is 3.52. The Morgan fingerprint density at radius 3 is 2.50 bits per heavy atom. The maximum Gasteiger partial charge on any atom is 0.407 e. The van der Waals surface area contributed by atoms with Crippen LogP contribution in [0, 0.1) is 0 Å². The second kappa shape index (κ2) is 7.60. The van der Waals surface area contributed by atoms with Crippen LogP contribution < -0.4 is 5.32 Å². The van der Waals surface area contributed by atoms with E-state index in [1.54, 1.807) is 6.92 Å². The number of amides is 1. The molecule has 0 saturated carbocycles. The van der Waals surface area contributed by atoms with Crippen molar-refractivity contribution in [1.29, 1.82) is 0 Å². The van der Waals surface area contributed by atoms with E-state index < -0.39 is 16.1 Å². The topological polar surface area (TPSA) is 75.7 Å². The molecule has 0 spiro atoms. The summed E-state index contributed by atoms with van der Waals surface area (Å²) in [6, 6.07) is 9.43. The smallest absolute Gasteiger partial charge is 0.407 e. The highest BCUT2D eigenvalue weighted by Crippen LogP contribution is 2.14. The van der Waals surface area contributed by atoms with Crippen LogP contribution in [0.25, 0.3) is 0 Å². The summed E-state index contributed by atoms with van der Waals surface area (Å²) in [6.45, 7) is 2.76. The van der Waals surface area contributed by atoms with Crippen LogP contribution in [0.15, 0.2) is 30.3 Å². The van der Waals surface area contributed by atoms with Crippen LogP contribution in [0.5, 0.6) is 0 Å². The van der Waals surface area contributed by atoms with Gasteiger partial charge in [-0.05, 0) is 25.3 Å². The summed E-state index contributed by atoms with van der Waals surface area (Å²) in [5.41, 5.74) is 0.932. The van der Waals surface area contributed by atoms with Gasteiger partial charge in [0.15, 0.2) is 0 Å². The number of hydrogen-bond acceptors (Lipinski definition) is 4. The molecule has 0 aliphatic carbocycles. The third kappa shape index (κ3) is 4.71. The molecule has 0 aromatic heterocycles. The van der Waals surface area contributed by atoms with Crippen LogP contribution in [0.4, 0.5) is 4.79 Å². The fourth-order valence-electron chi connectivity index (χ4n) is 2.39. The summed E-state index contributed by atoms with van der Waals surface area (Å²) in [6.07, 6.45) is 0.764. The lowest BCUT2D eigenvalue weighted by molar-refractivity contribution is 0.131. The first-order valence-electron chi connectivity index (χ1n) is 7.46. The van der Waals surface area contributed by atoms with Gasteiger partial charge in [0.1, 0.15) is 6.61 Å². The molecule has 1 aromatic rings.